The molecule has 2 aromatic carbocycles. The monoisotopic (exact) mass is 324 g/mol. The Bertz CT molecular complexity index is 884. The van der Waals surface area contributed by atoms with Gasteiger partial charge in [-0.2, -0.15) is 0 Å². The molecule has 3 rings (SSSR count). The second-order valence-corrected chi connectivity index (χ2v) is 6.22. The largest absolute Gasteiger partial charge is 0.358 e. The molecule has 1 aromatic heterocycles. The van der Waals surface area contributed by atoms with Crippen LogP contribution in [0.1, 0.15) is 28.5 Å². The molecule has 0 unspecified atom stereocenters. The van der Waals surface area contributed by atoms with Gasteiger partial charge in [-0.15, -0.1) is 0 Å². The van der Waals surface area contributed by atoms with E-state index in [1.54, 1.807) is 12.1 Å². The Labute approximate surface area is 141 Å². The summed E-state index contributed by atoms with van der Waals surface area (Å²) in [7, 11) is 1.85. The standard InChI is InChI=1S/C20H21FN2O/c1-13-19(16-9-5-7-11-18(16)22-13)20(24)14(2)23(3)12-15-8-4-6-10-17(15)21/h4-11,14,22H,12H2,1-3H3/t14-/m1/s1. The van der Waals surface area contributed by atoms with Crippen molar-refractivity contribution in [3.63, 3.8) is 0 Å². The molecule has 0 fully saturated rings. The smallest absolute Gasteiger partial charge is 0.182 e. The highest BCUT2D eigenvalue weighted by molar-refractivity contribution is 6.11. The molecule has 0 spiro atoms. The number of halogens is 1. The first-order valence-corrected chi connectivity index (χ1v) is 8.04. The summed E-state index contributed by atoms with van der Waals surface area (Å²) in [5.74, 6) is -0.198. The maximum absolute atomic E-state index is 13.8. The molecule has 3 aromatic rings. The fourth-order valence-electron chi connectivity index (χ4n) is 3.04. The summed E-state index contributed by atoms with van der Waals surface area (Å²) < 4.78 is 13.8. The van der Waals surface area contributed by atoms with Crippen LogP contribution in [0.25, 0.3) is 10.9 Å². The zero-order valence-electron chi connectivity index (χ0n) is 14.1. The van der Waals surface area contributed by atoms with Gasteiger partial charge in [0.1, 0.15) is 5.82 Å². The van der Waals surface area contributed by atoms with Gasteiger partial charge in [0.15, 0.2) is 5.78 Å². The summed E-state index contributed by atoms with van der Waals surface area (Å²) in [6, 6.07) is 14.1. The van der Waals surface area contributed by atoms with Gasteiger partial charge in [0, 0.05) is 34.3 Å². The number of nitrogens with one attached hydrogen (secondary N) is 1. The number of carbonyl (C=O) groups excluding carboxylic acids is 1. The third-order valence-electron chi connectivity index (χ3n) is 4.56. The van der Waals surface area contributed by atoms with Crippen LogP contribution in [0, 0.1) is 12.7 Å². The molecule has 1 heterocycles. The number of hydrogen-bond acceptors (Lipinski definition) is 2. The number of para-hydroxylation sites is 1. The van der Waals surface area contributed by atoms with Gasteiger partial charge in [0.25, 0.3) is 0 Å². The van der Waals surface area contributed by atoms with E-state index in [-0.39, 0.29) is 17.6 Å². The molecule has 1 atom stereocenters. The van der Waals surface area contributed by atoms with Crippen LogP contribution in [0.5, 0.6) is 0 Å². The average Bonchev–Trinajstić information content (AvgIpc) is 2.91. The molecular weight excluding hydrogens is 303 g/mol. The molecular formula is C20H21FN2O. The highest BCUT2D eigenvalue weighted by Gasteiger charge is 2.24. The Morgan fingerprint density at radius 1 is 1.17 bits per heavy atom. The van der Waals surface area contributed by atoms with Gasteiger partial charge in [-0.3, -0.25) is 9.69 Å². The number of H-pyrrole nitrogens is 1. The van der Waals surface area contributed by atoms with E-state index in [9.17, 15) is 9.18 Å². The summed E-state index contributed by atoms with van der Waals surface area (Å²) in [6.07, 6.45) is 0. The topological polar surface area (TPSA) is 36.1 Å². The van der Waals surface area contributed by atoms with Crippen LogP contribution in [-0.4, -0.2) is 28.8 Å². The van der Waals surface area contributed by atoms with Crippen LogP contribution in [0.2, 0.25) is 0 Å². The molecule has 0 aliphatic rings. The maximum atomic E-state index is 13.8. The molecule has 0 aliphatic carbocycles. The van der Waals surface area contributed by atoms with Crippen LogP contribution < -0.4 is 0 Å². The van der Waals surface area contributed by atoms with Gasteiger partial charge in [-0.1, -0.05) is 36.4 Å². The number of aryl methyl sites for hydroxylation is 1. The summed E-state index contributed by atoms with van der Waals surface area (Å²) >= 11 is 0. The summed E-state index contributed by atoms with van der Waals surface area (Å²) in [5, 5.41) is 0.936. The number of rotatable bonds is 5. The van der Waals surface area contributed by atoms with E-state index >= 15 is 0 Å². The van der Waals surface area contributed by atoms with E-state index in [1.807, 2.05) is 56.1 Å². The number of fused-ring (bicyclic) bond motifs is 1. The normalized spacial score (nSPS) is 12.7. The number of Topliss-reactive ketones (excluding diaryl/α,β-unsaturated/α-hetero) is 1. The number of likely N-dealkylation sites (N-methyl/N-ethyl adjacent to an activating group) is 1. The van der Waals surface area contributed by atoms with Crippen molar-refractivity contribution in [2.75, 3.05) is 7.05 Å². The Balaban J connectivity index is 1.86. The van der Waals surface area contributed by atoms with E-state index < -0.39 is 0 Å². The quantitative estimate of drug-likeness (QED) is 0.710. The Morgan fingerprint density at radius 3 is 2.58 bits per heavy atom. The van der Waals surface area contributed by atoms with Crippen molar-refractivity contribution in [1.82, 2.24) is 9.88 Å². The predicted octanol–water partition coefficient (Wildman–Crippen LogP) is 4.32. The zero-order chi connectivity index (χ0) is 17.3. The molecule has 3 nitrogen and oxygen atoms in total. The average molecular weight is 324 g/mol. The third-order valence-corrected chi connectivity index (χ3v) is 4.56. The first kappa shape index (κ1) is 16.4. The fraction of sp³-hybridized carbons (Fsp3) is 0.250. The van der Waals surface area contributed by atoms with Crippen LogP contribution in [0.15, 0.2) is 48.5 Å². The van der Waals surface area contributed by atoms with Crippen LogP contribution in [0.4, 0.5) is 4.39 Å². The minimum absolute atomic E-state index is 0.0452. The molecule has 1 N–H and O–H groups in total. The van der Waals surface area contributed by atoms with E-state index in [0.717, 1.165) is 22.2 Å². The number of nitrogens with zero attached hydrogens (tertiary/aromatic N) is 1. The summed E-state index contributed by atoms with van der Waals surface area (Å²) in [5.41, 5.74) is 3.14. The van der Waals surface area contributed by atoms with E-state index in [2.05, 4.69) is 4.98 Å². The zero-order valence-corrected chi connectivity index (χ0v) is 14.1. The summed E-state index contributed by atoms with van der Waals surface area (Å²) in [6.45, 7) is 4.17. The fourth-order valence-corrected chi connectivity index (χ4v) is 3.04. The predicted molar refractivity (Wildman–Crippen MR) is 94.7 cm³/mol. The second kappa shape index (κ2) is 6.57. The maximum Gasteiger partial charge on any atom is 0.182 e. The SMILES string of the molecule is Cc1[nH]c2ccccc2c1C(=O)[C@@H](C)N(C)Cc1ccccc1F. The minimum Gasteiger partial charge on any atom is -0.358 e. The Hall–Kier alpha value is -2.46. The van der Waals surface area contributed by atoms with Crippen molar-refractivity contribution >= 4 is 16.7 Å². The lowest BCUT2D eigenvalue weighted by Crippen LogP contribution is -2.36. The minimum atomic E-state index is -0.345. The molecule has 0 radical (unpaired) electrons. The van der Waals surface area contributed by atoms with Crippen LogP contribution >= 0.6 is 0 Å². The molecule has 24 heavy (non-hydrogen) atoms. The van der Waals surface area contributed by atoms with Crippen molar-refractivity contribution in [2.24, 2.45) is 0 Å². The molecule has 0 amide bonds. The molecule has 0 saturated heterocycles. The lowest BCUT2D eigenvalue weighted by atomic mass is 10.0. The first-order valence-electron chi connectivity index (χ1n) is 8.04. The van der Waals surface area contributed by atoms with Gasteiger partial charge >= 0.3 is 0 Å². The van der Waals surface area contributed by atoms with Gasteiger partial charge in [0.05, 0.1) is 6.04 Å². The number of aromatic amines is 1. The molecule has 0 bridgehead atoms. The Morgan fingerprint density at radius 2 is 1.83 bits per heavy atom. The summed E-state index contributed by atoms with van der Waals surface area (Å²) in [4.78, 5) is 18.1. The van der Waals surface area contributed by atoms with E-state index in [4.69, 9.17) is 0 Å². The lowest BCUT2D eigenvalue weighted by Gasteiger charge is -2.24. The molecule has 0 saturated carbocycles. The molecule has 0 aliphatic heterocycles. The van der Waals surface area contributed by atoms with Gasteiger partial charge < -0.3 is 4.98 Å². The van der Waals surface area contributed by atoms with E-state index in [1.165, 1.54) is 6.07 Å². The number of ketones is 1. The van der Waals surface area contributed by atoms with Crippen molar-refractivity contribution in [1.29, 1.82) is 0 Å². The Kier molecular flexibility index (Phi) is 4.49. The van der Waals surface area contributed by atoms with E-state index in [0.29, 0.717) is 12.1 Å². The highest BCUT2D eigenvalue weighted by Crippen LogP contribution is 2.24. The van der Waals surface area contributed by atoms with Crippen LogP contribution in [-0.2, 0) is 6.54 Å². The molecule has 4 heteroatoms. The van der Waals surface area contributed by atoms with Crippen molar-refractivity contribution in [3.8, 4) is 0 Å². The third kappa shape index (κ3) is 2.97. The van der Waals surface area contributed by atoms with Crippen molar-refractivity contribution < 1.29 is 9.18 Å². The lowest BCUT2D eigenvalue weighted by molar-refractivity contribution is 0.0862. The first-order chi connectivity index (χ1) is 11.5. The molecule has 124 valence electrons. The number of carbonyl (C=O) groups is 1. The van der Waals surface area contributed by atoms with Gasteiger partial charge in [0.2, 0.25) is 0 Å². The van der Waals surface area contributed by atoms with Gasteiger partial charge in [-0.05, 0) is 33.0 Å². The number of hydrogen-bond donors (Lipinski definition) is 1. The number of aromatic nitrogens is 1. The van der Waals surface area contributed by atoms with Crippen LogP contribution in [0.3, 0.4) is 0 Å². The second-order valence-electron chi connectivity index (χ2n) is 6.22. The number of benzene rings is 2. The highest BCUT2D eigenvalue weighted by atomic mass is 19.1. The van der Waals surface area contributed by atoms with Crippen molar-refractivity contribution in [2.45, 2.75) is 26.4 Å². The van der Waals surface area contributed by atoms with Crippen molar-refractivity contribution in [3.05, 3.63) is 71.2 Å². The van der Waals surface area contributed by atoms with Gasteiger partial charge in [-0.25, -0.2) is 4.39 Å².